The fourth-order valence-electron chi connectivity index (χ4n) is 0.578. The Balaban J connectivity index is 4.68. The van der Waals surface area contributed by atoms with E-state index in [1.165, 1.54) is 0 Å². The number of rotatable bonds is 4. The molecule has 0 heterocycles. The van der Waals surface area contributed by atoms with Gasteiger partial charge in [0.15, 0.2) is 0 Å². The minimum atomic E-state index is -3.68. The first-order chi connectivity index (χ1) is 5.55. The molecular formula is C3H3Cl7Ge2O. The zero-order valence-corrected chi connectivity index (χ0v) is 15.3. The van der Waals surface area contributed by atoms with Crippen LogP contribution in [-0.2, 0) is 4.79 Å². The average molecular weight is 448 g/mol. The van der Waals surface area contributed by atoms with Gasteiger partial charge in [0.05, 0.1) is 0 Å². The van der Waals surface area contributed by atoms with Crippen LogP contribution in [-0.4, -0.2) is 26.2 Å². The van der Waals surface area contributed by atoms with E-state index in [4.69, 9.17) is 71.7 Å². The van der Waals surface area contributed by atoms with Gasteiger partial charge in [0, 0.05) is 0 Å². The van der Waals surface area contributed by atoms with E-state index < -0.39 is 29.8 Å². The number of carbonyl (C=O) groups excluding carboxylic acids is 1. The molecule has 0 N–H and O–H groups in total. The molecule has 0 rings (SSSR count). The van der Waals surface area contributed by atoms with Crippen molar-refractivity contribution in [3.8, 4) is 0 Å². The summed E-state index contributed by atoms with van der Waals surface area (Å²) in [5.74, 6) is 0. The van der Waals surface area contributed by atoms with Crippen molar-refractivity contribution in [1.82, 2.24) is 0 Å². The first kappa shape index (κ1) is 15.8. The van der Waals surface area contributed by atoms with Gasteiger partial charge in [-0.3, -0.25) is 0 Å². The summed E-state index contributed by atoms with van der Waals surface area (Å²) in [6.07, 6.45) is -0.158. The Kier molecular flexibility index (Phi) is 7.19. The Morgan fingerprint density at radius 2 is 1.31 bits per heavy atom. The zero-order chi connectivity index (χ0) is 10.9. The molecular weight excluding hydrogens is 445 g/mol. The van der Waals surface area contributed by atoms with Gasteiger partial charge in [-0.2, -0.15) is 0 Å². The Labute approximate surface area is 111 Å². The standard InChI is InChI=1S/C3H3Cl7Ge2O/c4-2(13)1-3(11(5,6)7)12(8,9)10/h3H,1H2. The molecule has 0 aromatic carbocycles. The molecule has 0 aromatic rings. The van der Waals surface area contributed by atoms with E-state index >= 15 is 0 Å². The van der Waals surface area contributed by atoms with Gasteiger partial charge in [-0.25, -0.2) is 0 Å². The fourth-order valence-corrected chi connectivity index (χ4v) is 50.3. The van der Waals surface area contributed by atoms with Crippen LogP contribution in [0.3, 0.4) is 0 Å². The van der Waals surface area contributed by atoms with Crippen LogP contribution >= 0.6 is 71.7 Å². The van der Waals surface area contributed by atoms with Crippen molar-refractivity contribution in [2.75, 3.05) is 0 Å². The quantitative estimate of drug-likeness (QED) is 0.462. The first-order valence-electron chi connectivity index (χ1n) is 2.87. The topological polar surface area (TPSA) is 17.1 Å². The van der Waals surface area contributed by atoms with E-state index in [9.17, 15) is 4.79 Å². The second kappa shape index (κ2) is 5.92. The molecule has 0 atom stereocenters. The Bertz CT molecular complexity index is 181. The van der Waals surface area contributed by atoms with Crippen LogP contribution in [0.25, 0.3) is 0 Å². The Morgan fingerprint density at radius 1 is 1.00 bits per heavy atom. The van der Waals surface area contributed by atoms with E-state index in [2.05, 4.69) is 0 Å². The number of halogens is 7. The molecule has 78 valence electrons. The molecule has 1 nitrogen and oxygen atoms in total. The second-order valence-corrected chi connectivity index (χ2v) is 37.2. The van der Waals surface area contributed by atoms with Crippen LogP contribution in [0.1, 0.15) is 6.42 Å². The molecule has 13 heavy (non-hydrogen) atoms. The van der Waals surface area contributed by atoms with Crippen LogP contribution in [0.2, 0.25) is 3.58 Å². The van der Waals surface area contributed by atoms with Crippen molar-refractivity contribution in [1.29, 1.82) is 0 Å². The van der Waals surface area contributed by atoms with E-state index in [0.29, 0.717) is 0 Å². The van der Waals surface area contributed by atoms with Gasteiger partial charge < -0.3 is 0 Å². The summed E-state index contributed by atoms with van der Waals surface area (Å²) in [6, 6.07) is 0. The number of carbonyl (C=O) groups is 1. The van der Waals surface area contributed by atoms with E-state index in [-0.39, 0.29) is 6.42 Å². The number of hydrogen-bond acceptors (Lipinski definition) is 1. The third-order valence-corrected chi connectivity index (χ3v) is 35.1. The van der Waals surface area contributed by atoms with Gasteiger partial charge >= 0.3 is 113 Å². The molecule has 0 aliphatic carbocycles. The maximum absolute atomic E-state index is 10.6. The molecule has 0 amide bonds. The summed E-state index contributed by atoms with van der Waals surface area (Å²) < 4.78 is -0.708. The molecule has 0 fully saturated rings. The Hall–Kier alpha value is 2.79. The molecule has 0 saturated carbocycles. The fraction of sp³-hybridized carbons (Fsp3) is 0.667. The second-order valence-electron chi connectivity index (χ2n) is 2.20. The van der Waals surface area contributed by atoms with Crippen molar-refractivity contribution in [3.63, 3.8) is 0 Å². The van der Waals surface area contributed by atoms with Crippen LogP contribution in [0.15, 0.2) is 0 Å². The summed E-state index contributed by atoms with van der Waals surface area (Å²) in [5.41, 5.74) is 0. The Morgan fingerprint density at radius 3 is 1.38 bits per heavy atom. The summed E-state index contributed by atoms with van der Waals surface area (Å²) in [5, 5.41) is -0.640. The van der Waals surface area contributed by atoms with Crippen LogP contribution in [0.4, 0.5) is 0 Å². The van der Waals surface area contributed by atoms with Crippen LogP contribution in [0.5, 0.6) is 0 Å². The summed E-state index contributed by atoms with van der Waals surface area (Å²) >= 11 is 5.15. The number of hydrogen-bond donors (Lipinski definition) is 0. The van der Waals surface area contributed by atoms with Gasteiger partial charge in [-0.15, -0.1) is 0 Å². The van der Waals surface area contributed by atoms with E-state index in [0.717, 1.165) is 0 Å². The van der Waals surface area contributed by atoms with E-state index in [1.807, 2.05) is 0 Å². The predicted octanol–water partition coefficient (Wildman–Crippen LogP) is 4.36. The van der Waals surface area contributed by atoms with Gasteiger partial charge in [-0.05, 0) is 0 Å². The predicted molar refractivity (Wildman–Crippen MR) is 65.9 cm³/mol. The van der Waals surface area contributed by atoms with Crippen molar-refractivity contribution in [2.45, 2.75) is 10.0 Å². The summed E-state index contributed by atoms with van der Waals surface area (Å²) in [4.78, 5) is 10.6. The molecule has 0 bridgehead atoms. The SMILES string of the molecule is O=C(Cl)C[CH]([Ge]([Cl])([Cl])[Cl])[Ge]([Cl])([Cl])[Cl]. The van der Waals surface area contributed by atoms with E-state index in [1.54, 1.807) is 0 Å². The van der Waals surface area contributed by atoms with Gasteiger partial charge in [0.25, 0.3) is 0 Å². The van der Waals surface area contributed by atoms with Crippen molar-refractivity contribution in [3.05, 3.63) is 0 Å². The molecule has 0 saturated heterocycles. The van der Waals surface area contributed by atoms with Crippen molar-refractivity contribution in [2.24, 2.45) is 0 Å². The van der Waals surface area contributed by atoms with Crippen molar-refractivity contribution < 1.29 is 4.79 Å². The molecule has 0 spiro atoms. The van der Waals surface area contributed by atoms with Crippen molar-refractivity contribution >= 4 is 97.9 Å². The van der Waals surface area contributed by atoms with Crippen LogP contribution in [0, 0.1) is 0 Å². The monoisotopic (exact) mass is 448 g/mol. The zero-order valence-electron chi connectivity index (χ0n) is 5.84. The molecule has 10 heteroatoms. The third-order valence-electron chi connectivity index (χ3n) is 1.15. The van der Waals surface area contributed by atoms with Gasteiger partial charge in [0.2, 0.25) is 0 Å². The third kappa shape index (κ3) is 6.85. The molecule has 0 aromatic heterocycles. The van der Waals surface area contributed by atoms with Gasteiger partial charge in [-0.1, -0.05) is 0 Å². The first-order valence-corrected chi connectivity index (χ1v) is 22.2. The molecule has 0 radical (unpaired) electrons. The normalized spacial score (nSPS) is 13.5. The van der Waals surface area contributed by atoms with Gasteiger partial charge in [0.1, 0.15) is 0 Å². The maximum atomic E-state index is 10.6. The minimum absolute atomic E-state index is 0.158. The van der Waals surface area contributed by atoms with Crippen LogP contribution < -0.4 is 0 Å². The molecule has 0 aliphatic heterocycles. The summed E-state index contributed by atoms with van der Waals surface area (Å²) in [7, 11) is 27.0. The average Bonchev–Trinajstić information content (AvgIpc) is 1.77. The summed E-state index contributed by atoms with van der Waals surface area (Å²) in [6.45, 7) is 0. The molecule has 0 aliphatic rings. The molecule has 0 unspecified atom stereocenters.